The van der Waals surface area contributed by atoms with E-state index in [0.717, 1.165) is 11.3 Å². The Morgan fingerprint density at radius 1 is 1.39 bits per heavy atom. The molecule has 0 saturated heterocycles. The number of carbonyl (C=O) groups excluding carboxylic acids is 1. The molecule has 1 amide bonds. The Morgan fingerprint density at radius 3 is 2.78 bits per heavy atom. The Hall–Kier alpha value is -1.39. The summed E-state index contributed by atoms with van der Waals surface area (Å²) in [6.07, 6.45) is 0. The lowest BCUT2D eigenvalue weighted by atomic mass is 9.95. The predicted molar refractivity (Wildman–Crippen MR) is 71.2 cm³/mol. The van der Waals surface area contributed by atoms with Gasteiger partial charge in [-0.1, -0.05) is 25.1 Å². The maximum atomic E-state index is 12.1. The number of fused-ring (bicyclic) bond motifs is 1. The van der Waals surface area contributed by atoms with Crippen LogP contribution in [0.4, 0.5) is 5.69 Å². The Kier molecular flexibility index (Phi) is 3.41. The predicted octanol–water partition coefficient (Wildman–Crippen LogP) is 2.07. The van der Waals surface area contributed by atoms with E-state index in [0.29, 0.717) is 6.61 Å². The highest BCUT2D eigenvalue weighted by Crippen LogP contribution is 2.30. The summed E-state index contributed by atoms with van der Waals surface area (Å²) in [5.41, 5.74) is 7.13. The molecule has 1 aromatic rings. The Balaban J connectivity index is 2.44. The molecule has 98 valence electrons. The van der Waals surface area contributed by atoms with Crippen LogP contribution in [-0.2, 0) is 9.53 Å². The average molecular weight is 248 g/mol. The van der Waals surface area contributed by atoms with E-state index in [1.165, 1.54) is 0 Å². The van der Waals surface area contributed by atoms with E-state index in [1.807, 2.05) is 31.2 Å². The van der Waals surface area contributed by atoms with Crippen molar-refractivity contribution in [3.05, 3.63) is 29.8 Å². The van der Waals surface area contributed by atoms with Crippen LogP contribution < -0.4 is 11.1 Å². The fraction of sp³-hybridized carbons (Fsp3) is 0.500. The number of anilines is 1. The zero-order valence-corrected chi connectivity index (χ0v) is 11.1. The van der Waals surface area contributed by atoms with Crippen molar-refractivity contribution < 1.29 is 9.53 Å². The first-order valence-corrected chi connectivity index (χ1v) is 6.22. The second kappa shape index (κ2) is 4.71. The van der Waals surface area contributed by atoms with Crippen molar-refractivity contribution in [2.75, 3.05) is 11.9 Å². The minimum absolute atomic E-state index is 0.142. The summed E-state index contributed by atoms with van der Waals surface area (Å²) in [5, 5.41) is 2.90. The van der Waals surface area contributed by atoms with Crippen molar-refractivity contribution in [1.29, 1.82) is 0 Å². The van der Waals surface area contributed by atoms with Crippen molar-refractivity contribution in [2.45, 2.75) is 32.4 Å². The second-order valence-electron chi connectivity index (χ2n) is 5.37. The number of carbonyl (C=O) groups is 1. The van der Waals surface area contributed by atoms with Gasteiger partial charge in [0, 0.05) is 11.7 Å². The van der Waals surface area contributed by atoms with Gasteiger partial charge in [0.1, 0.15) is 5.60 Å². The van der Waals surface area contributed by atoms with Crippen LogP contribution in [0.2, 0.25) is 0 Å². The fourth-order valence-electron chi connectivity index (χ4n) is 1.99. The van der Waals surface area contributed by atoms with Gasteiger partial charge in [0.15, 0.2) is 0 Å². The first-order chi connectivity index (χ1) is 8.42. The standard InChI is InChI=1S/C14H20N2O2/c1-9-8-18-14(2,3)13(17)16-11-7-5-4-6-10(11)12(9)15/h4-7,9,12H,8,15H2,1-3H3,(H,16,17). The number of ether oxygens (including phenoxy) is 1. The van der Waals surface area contributed by atoms with Crippen LogP contribution in [0.3, 0.4) is 0 Å². The molecule has 1 aliphatic rings. The summed E-state index contributed by atoms with van der Waals surface area (Å²) in [5.74, 6) is 0.00868. The largest absolute Gasteiger partial charge is 0.365 e. The molecule has 2 atom stereocenters. The molecule has 3 N–H and O–H groups in total. The lowest BCUT2D eigenvalue weighted by Crippen LogP contribution is -2.40. The van der Waals surface area contributed by atoms with Gasteiger partial charge in [-0.25, -0.2) is 0 Å². The number of hydrogen-bond acceptors (Lipinski definition) is 3. The number of nitrogens with one attached hydrogen (secondary N) is 1. The van der Waals surface area contributed by atoms with E-state index in [2.05, 4.69) is 5.32 Å². The summed E-state index contributed by atoms with van der Waals surface area (Å²) >= 11 is 0. The molecule has 18 heavy (non-hydrogen) atoms. The molecule has 0 aliphatic carbocycles. The van der Waals surface area contributed by atoms with Crippen molar-refractivity contribution in [3.63, 3.8) is 0 Å². The van der Waals surface area contributed by atoms with Gasteiger partial charge in [0.25, 0.3) is 5.91 Å². The molecule has 1 aromatic carbocycles. The van der Waals surface area contributed by atoms with Crippen molar-refractivity contribution in [3.8, 4) is 0 Å². The minimum Gasteiger partial charge on any atom is -0.365 e. The Bertz CT molecular complexity index is 457. The maximum absolute atomic E-state index is 12.1. The molecule has 0 saturated carbocycles. The topological polar surface area (TPSA) is 64.3 Å². The number of para-hydroxylation sites is 1. The van der Waals surface area contributed by atoms with E-state index in [1.54, 1.807) is 13.8 Å². The zero-order chi connectivity index (χ0) is 13.3. The molecule has 0 bridgehead atoms. The Morgan fingerprint density at radius 2 is 2.06 bits per heavy atom. The highest BCUT2D eigenvalue weighted by molar-refractivity contribution is 5.97. The van der Waals surface area contributed by atoms with Gasteiger partial charge in [-0.2, -0.15) is 0 Å². The molecule has 0 radical (unpaired) electrons. The number of rotatable bonds is 0. The van der Waals surface area contributed by atoms with Crippen LogP contribution in [0.1, 0.15) is 32.4 Å². The van der Waals surface area contributed by atoms with E-state index >= 15 is 0 Å². The highest BCUT2D eigenvalue weighted by Gasteiger charge is 2.32. The third kappa shape index (κ3) is 2.40. The first kappa shape index (κ1) is 13.1. The van der Waals surface area contributed by atoms with Gasteiger partial charge in [-0.3, -0.25) is 4.79 Å². The van der Waals surface area contributed by atoms with E-state index in [9.17, 15) is 4.79 Å². The van der Waals surface area contributed by atoms with Crippen LogP contribution >= 0.6 is 0 Å². The molecule has 1 aliphatic heterocycles. The molecule has 4 nitrogen and oxygen atoms in total. The lowest BCUT2D eigenvalue weighted by Gasteiger charge is -2.25. The van der Waals surface area contributed by atoms with Crippen LogP contribution in [-0.4, -0.2) is 18.1 Å². The highest BCUT2D eigenvalue weighted by atomic mass is 16.5. The van der Waals surface area contributed by atoms with E-state index in [-0.39, 0.29) is 17.9 Å². The molecule has 0 spiro atoms. The molecule has 0 fully saturated rings. The molecule has 2 unspecified atom stereocenters. The quantitative estimate of drug-likeness (QED) is 0.738. The second-order valence-corrected chi connectivity index (χ2v) is 5.37. The third-order valence-corrected chi connectivity index (χ3v) is 3.44. The number of nitrogens with two attached hydrogens (primary N) is 1. The molecular formula is C14H20N2O2. The molecule has 2 rings (SSSR count). The normalized spacial score (nSPS) is 27.4. The first-order valence-electron chi connectivity index (χ1n) is 6.22. The van der Waals surface area contributed by atoms with Crippen molar-refractivity contribution >= 4 is 11.6 Å². The number of hydrogen-bond donors (Lipinski definition) is 2. The van der Waals surface area contributed by atoms with Crippen LogP contribution in [0.15, 0.2) is 24.3 Å². The van der Waals surface area contributed by atoms with Crippen molar-refractivity contribution in [2.24, 2.45) is 11.7 Å². The molecule has 0 aromatic heterocycles. The van der Waals surface area contributed by atoms with Gasteiger partial charge < -0.3 is 15.8 Å². The summed E-state index contributed by atoms with van der Waals surface area (Å²) < 4.78 is 5.68. The maximum Gasteiger partial charge on any atom is 0.256 e. The Labute approximate surface area is 108 Å². The summed E-state index contributed by atoms with van der Waals surface area (Å²) in [4.78, 5) is 12.1. The number of benzene rings is 1. The number of amides is 1. The molecular weight excluding hydrogens is 228 g/mol. The van der Waals surface area contributed by atoms with Crippen LogP contribution in [0.25, 0.3) is 0 Å². The molecule has 1 heterocycles. The smallest absolute Gasteiger partial charge is 0.256 e. The summed E-state index contributed by atoms with van der Waals surface area (Å²) in [6, 6.07) is 7.51. The summed E-state index contributed by atoms with van der Waals surface area (Å²) in [6.45, 7) is 6.05. The molecule has 4 heteroatoms. The summed E-state index contributed by atoms with van der Waals surface area (Å²) in [7, 11) is 0. The van der Waals surface area contributed by atoms with Gasteiger partial charge in [-0.05, 0) is 31.4 Å². The van der Waals surface area contributed by atoms with Crippen LogP contribution in [0, 0.1) is 5.92 Å². The van der Waals surface area contributed by atoms with Crippen LogP contribution in [0.5, 0.6) is 0 Å². The van der Waals surface area contributed by atoms with Gasteiger partial charge in [0.05, 0.1) is 6.61 Å². The van der Waals surface area contributed by atoms with Gasteiger partial charge >= 0.3 is 0 Å². The van der Waals surface area contributed by atoms with Crippen molar-refractivity contribution in [1.82, 2.24) is 0 Å². The monoisotopic (exact) mass is 248 g/mol. The minimum atomic E-state index is -0.842. The third-order valence-electron chi connectivity index (χ3n) is 3.44. The fourth-order valence-corrected chi connectivity index (χ4v) is 1.99. The van der Waals surface area contributed by atoms with E-state index in [4.69, 9.17) is 10.5 Å². The lowest BCUT2D eigenvalue weighted by molar-refractivity contribution is -0.138. The van der Waals surface area contributed by atoms with E-state index < -0.39 is 5.60 Å². The zero-order valence-electron chi connectivity index (χ0n) is 11.1. The van der Waals surface area contributed by atoms with Gasteiger partial charge in [0.2, 0.25) is 0 Å². The van der Waals surface area contributed by atoms with Gasteiger partial charge in [-0.15, -0.1) is 0 Å². The average Bonchev–Trinajstić information content (AvgIpc) is 2.37. The SMILES string of the molecule is CC1COC(C)(C)C(=O)Nc2ccccc2C1N.